The summed E-state index contributed by atoms with van der Waals surface area (Å²) < 4.78 is 2.17. The molecule has 20 heavy (non-hydrogen) atoms. The molecule has 0 aliphatic rings. The molecule has 1 atom stereocenters. The van der Waals surface area contributed by atoms with Gasteiger partial charge in [-0.1, -0.05) is 37.6 Å². The summed E-state index contributed by atoms with van der Waals surface area (Å²) in [6, 6.07) is 6.38. The van der Waals surface area contributed by atoms with E-state index in [1.54, 1.807) is 0 Å². The highest BCUT2D eigenvalue weighted by atomic mass is 35.5. The minimum atomic E-state index is 0.271. The van der Waals surface area contributed by atoms with Gasteiger partial charge in [0.05, 0.1) is 18.2 Å². The fourth-order valence-corrected chi connectivity index (χ4v) is 2.62. The maximum Gasteiger partial charge on any atom is 0.0954 e. The largest absolute Gasteiger partial charge is 0.328 e. The van der Waals surface area contributed by atoms with Gasteiger partial charge < -0.3 is 10.3 Å². The second-order valence-corrected chi connectivity index (χ2v) is 6.08. The fourth-order valence-electron chi connectivity index (χ4n) is 2.44. The Balaban J connectivity index is 2.38. The lowest BCUT2D eigenvalue weighted by atomic mass is 10.0. The molecule has 2 N–H and O–H groups in total. The van der Waals surface area contributed by atoms with E-state index in [1.807, 2.05) is 31.6 Å². The lowest BCUT2D eigenvalue weighted by Gasteiger charge is -2.21. The third-order valence-corrected chi connectivity index (χ3v) is 3.95. The molecule has 0 saturated heterocycles. The molecule has 0 aliphatic carbocycles. The highest BCUT2D eigenvalue weighted by Gasteiger charge is 2.15. The Morgan fingerprint density at radius 1 is 1.35 bits per heavy atom. The number of hydrogen-bond acceptors (Lipinski definition) is 2. The molecule has 3 nitrogen and oxygen atoms in total. The molecule has 0 radical (unpaired) electrons. The van der Waals surface area contributed by atoms with Gasteiger partial charge in [0.1, 0.15) is 0 Å². The molecule has 1 aromatic heterocycles. The molecule has 2 aromatic rings. The molecule has 0 amide bonds. The van der Waals surface area contributed by atoms with Crippen LogP contribution < -0.4 is 5.73 Å². The van der Waals surface area contributed by atoms with Crippen molar-refractivity contribution in [1.82, 2.24) is 9.55 Å². The van der Waals surface area contributed by atoms with E-state index in [0.717, 1.165) is 28.3 Å². The van der Waals surface area contributed by atoms with Crippen LogP contribution in [-0.2, 0) is 0 Å². The first-order valence-electron chi connectivity index (χ1n) is 7.01. The van der Waals surface area contributed by atoms with Gasteiger partial charge in [-0.25, -0.2) is 4.98 Å². The van der Waals surface area contributed by atoms with E-state index < -0.39 is 0 Å². The summed E-state index contributed by atoms with van der Waals surface area (Å²) in [6.07, 6.45) is 4.78. The number of rotatable bonds is 5. The highest BCUT2D eigenvalue weighted by molar-refractivity contribution is 6.31. The second-order valence-electron chi connectivity index (χ2n) is 5.67. The minimum absolute atomic E-state index is 0.271. The number of benzene rings is 1. The first kappa shape index (κ1) is 15.1. The van der Waals surface area contributed by atoms with Gasteiger partial charge in [0, 0.05) is 23.2 Å². The van der Waals surface area contributed by atoms with Crippen LogP contribution in [0.15, 0.2) is 30.7 Å². The van der Waals surface area contributed by atoms with Crippen molar-refractivity contribution < 1.29 is 0 Å². The van der Waals surface area contributed by atoms with Crippen LogP contribution >= 0.6 is 11.6 Å². The molecule has 108 valence electrons. The monoisotopic (exact) mass is 291 g/mol. The van der Waals surface area contributed by atoms with E-state index in [0.29, 0.717) is 12.5 Å². The Morgan fingerprint density at radius 3 is 2.70 bits per heavy atom. The van der Waals surface area contributed by atoms with E-state index in [1.165, 1.54) is 0 Å². The Labute approximate surface area is 125 Å². The summed E-state index contributed by atoms with van der Waals surface area (Å²) in [5.74, 6) is 0.598. The van der Waals surface area contributed by atoms with E-state index >= 15 is 0 Å². The minimum Gasteiger partial charge on any atom is -0.328 e. The Kier molecular flexibility index (Phi) is 4.84. The fraction of sp³-hybridized carbons (Fsp3) is 0.438. The van der Waals surface area contributed by atoms with E-state index in [4.69, 9.17) is 17.3 Å². The van der Waals surface area contributed by atoms with Crippen molar-refractivity contribution in [1.29, 1.82) is 0 Å². The average Bonchev–Trinajstić information content (AvgIpc) is 2.88. The molecular weight excluding hydrogens is 270 g/mol. The lowest BCUT2D eigenvalue weighted by Crippen LogP contribution is -2.21. The third kappa shape index (κ3) is 3.22. The zero-order valence-corrected chi connectivity index (χ0v) is 13.1. The summed E-state index contributed by atoms with van der Waals surface area (Å²) >= 11 is 6.23. The number of hydrogen-bond donors (Lipinski definition) is 1. The van der Waals surface area contributed by atoms with Crippen molar-refractivity contribution in [3.63, 3.8) is 0 Å². The van der Waals surface area contributed by atoms with Gasteiger partial charge in [-0.15, -0.1) is 0 Å². The zero-order valence-electron chi connectivity index (χ0n) is 12.3. The van der Waals surface area contributed by atoms with Gasteiger partial charge in [-0.3, -0.25) is 0 Å². The molecule has 0 spiro atoms. The second kappa shape index (κ2) is 6.42. The quantitative estimate of drug-likeness (QED) is 0.903. The van der Waals surface area contributed by atoms with Crippen molar-refractivity contribution in [2.24, 2.45) is 11.7 Å². The van der Waals surface area contributed by atoms with E-state index in [9.17, 15) is 0 Å². The van der Waals surface area contributed by atoms with Gasteiger partial charge in [-0.2, -0.15) is 0 Å². The molecule has 0 fully saturated rings. The van der Waals surface area contributed by atoms with Crippen molar-refractivity contribution in [2.75, 3.05) is 6.54 Å². The summed E-state index contributed by atoms with van der Waals surface area (Å²) in [6.45, 7) is 7.04. The molecule has 0 aliphatic heterocycles. The van der Waals surface area contributed by atoms with Gasteiger partial charge >= 0.3 is 0 Å². The topological polar surface area (TPSA) is 43.8 Å². The SMILES string of the molecule is Cc1ccc(-c2cncn2C(CN)CC(C)C)cc1Cl. The van der Waals surface area contributed by atoms with Crippen molar-refractivity contribution >= 4 is 11.6 Å². The molecule has 2 rings (SSSR count). The lowest BCUT2D eigenvalue weighted by molar-refractivity contribution is 0.410. The van der Waals surface area contributed by atoms with Gasteiger partial charge in [0.15, 0.2) is 0 Å². The van der Waals surface area contributed by atoms with Crippen LogP contribution in [0.25, 0.3) is 11.3 Å². The summed E-state index contributed by atoms with van der Waals surface area (Å²) in [5, 5.41) is 0.781. The van der Waals surface area contributed by atoms with Crippen molar-refractivity contribution in [3.05, 3.63) is 41.3 Å². The summed E-state index contributed by atoms with van der Waals surface area (Å²) in [5.41, 5.74) is 9.18. The highest BCUT2D eigenvalue weighted by Crippen LogP contribution is 2.28. The summed E-state index contributed by atoms with van der Waals surface area (Å²) in [4.78, 5) is 4.29. The van der Waals surface area contributed by atoms with Crippen LogP contribution in [0.5, 0.6) is 0 Å². The number of imidazole rings is 1. The van der Waals surface area contributed by atoms with Crippen LogP contribution in [-0.4, -0.2) is 16.1 Å². The normalized spacial score (nSPS) is 12.9. The van der Waals surface area contributed by atoms with Crippen LogP contribution in [0.1, 0.15) is 31.9 Å². The number of aryl methyl sites for hydroxylation is 1. The number of aromatic nitrogens is 2. The van der Waals surface area contributed by atoms with E-state index in [-0.39, 0.29) is 6.04 Å². The standard InChI is InChI=1S/C16H22ClN3/c1-11(2)6-14(8-18)20-10-19-9-16(20)13-5-4-12(3)15(17)7-13/h4-5,7,9-11,14H,6,8,18H2,1-3H3. The maximum absolute atomic E-state index is 6.23. The average molecular weight is 292 g/mol. The molecule has 1 unspecified atom stereocenters. The van der Waals surface area contributed by atoms with Gasteiger partial charge in [-0.05, 0) is 30.9 Å². The molecular formula is C16H22ClN3. The number of nitrogens with two attached hydrogens (primary N) is 1. The maximum atomic E-state index is 6.23. The number of nitrogens with zero attached hydrogens (tertiary/aromatic N) is 2. The molecule has 0 saturated carbocycles. The predicted molar refractivity (Wildman–Crippen MR) is 85.0 cm³/mol. The predicted octanol–water partition coefficient (Wildman–Crippen LogP) is 4.06. The molecule has 1 heterocycles. The van der Waals surface area contributed by atoms with Crippen LogP contribution in [0.2, 0.25) is 5.02 Å². The van der Waals surface area contributed by atoms with E-state index in [2.05, 4.69) is 29.5 Å². The van der Waals surface area contributed by atoms with Crippen molar-refractivity contribution in [2.45, 2.75) is 33.2 Å². The van der Waals surface area contributed by atoms with Gasteiger partial charge in [0.25, 0.3) is 0 Å². The zero-order chi connectivity index (χ0) is 14.7. The molecule has 4 heteroatoms. The van der Waals surface area contributed by atoms with Crippen LogP contribution in [0.4, 0.5) is 0 Å². The first-order valence-corrected chi connectivity index (χ1v) is 7.39. The van der Waals surface area contributed by atoms with Gasteiger partial charge in [0.2, 0.25) is 0 Å². The summed E-state index contributed by atoms with van der Waals surface area (Å²) in [7, 11) is 0. The Hall–Kier alpha value is -1.32. The molecule has 1 aromatic carbocycles. The first-order chi connectivity index (χ1) is 9.52. The smallest absolute Gasteiger partial charge is 0.0954 e. The van der Waals surface area contributed by atoms with Crippen LogP contribution in [0.3, 0.4) is 0 Å². The van der Waals surface area contributed by atoms with Crippen molar-refractivity contribution in [3.8, 4) is 11.3 Å². The Bertz CT molecular complexity index is 575. The number of halogens is 1. The Morgan fingerprint density at radius 2 is 2.10 bits per heavy atom. The van der Waals surface area contributed by atoms with Crippen LogP contribution in [0, 0.1) is 12.8 Å². The molecule has 0 bridgehead atoms. The third-order valence-electron chi connectivity index (χ3n) is 3.54.